The number of ether oxygens (including phenoxy) is 2. The molecule has 0 radical (unpaired) electrons. The first-order valence-corrected chi connectivity index (χ1v) is 10.3. The average Bonchev–Trinajstić information content (AvgIpc) is 3.52. The summed E-state index contributed by atoms with van der Waals surface area (Å²) < 4.78 is 11.0. The van der Waals surface area contributed by atoms with Crippen molar-refractivity contribution in [3.8, 4) is 0 Å². The molecule has 1 aliphatic carbocycles. The van der Waals surface area contributed by atoms with Crippen molar-refractivity contribution in [2.45, 2.75) is 51.0 Å². The number of amides is 2. The quantitative estimate of drug-likeness (QED) is 0.770. The third-order valence-corrected chi connectivity index (χ3v) is 5.70. The summed E-state index contributed by atoms with van der Waals surface area (Å²) in [5.41, 5.74) is 2.16. The van der Waals surface area contributed by atoms with Gasteiger partial charge in [-0.2, -0.15) is 0 Å². The van der Waals surface area contributed by atoms with Gasteiger partial charge in [-0.3, -0.25) is 9.80 Å². The number of carbonyl (C=O) groups is 2. The molecule has 0 aromatic heterocycles. The summed E-state index contributed by atoms with van der Waals surface area (Å²) in [5.74, 6) is -0.395. The molecule has 29 heavy (non-hydrogen) atoms. The molecule has 2 amide bonds. The van der Waals surface area contributed by atoms with Crippen LogP contribution in [0.2, 0.25) is 0 Å². The van der Waals surface area contributed by atoms with E-state index in [4.69, 9.17) is 9.47 Å². The molecular weight excluding hydrogens is 370 g/mol. The van der Waals surface area contributed by atoms with Crippen LogP contribution in [0, 0.1) is 0 Å². The second-order valence-corrected chi connectivity index (χ2v) is 8.20. The van der Waals surface area contributed by atoms with Crippen LogP contribution in [0.25, 0.3) is 0 Å². The number of morpholine rings is 1. The van der Waals surface area contributed by atoms with Crippen LogP contribution in [-0.4, -0.2) is 66.8 Å². The Bertz CT molecular complexity index is 796. The maximum atomic E-state index is 13.1. The zero-order valence-corrected chi connectivity index (χ0v) is 17.3. The summed E-state index contributed by atoms with van der Waals surface area (Å²) in [4.78, 5) is 30.1. The molecule has 2 fully saturated rings. The van der Waals surface area contributed by atoms with Crippen LogP contribution < -0.4 is 5.32 Å². The van der Waals surface area contributed by atoms with Crippen LogP contribution in [-0.2, 0) is 14.3 Å². The predicted molar refractivity (Wildman–Crippen MR) is 108 cm³/mol. The standard InChI is InChI=1S/C22H29N3O4/c1-14-11-24(12-15(2)29-14)13-18-19(21(26)28-3)20(16-7-5-4-6-8-16)23-22(27)25(18)17-9-10-17/h4-8,14-15,17,20H,9-13H2,1-3H3,(H,23,27)/t14-,15+,20-/m0/s1. The van der Waals surface area contributed by atoms with Crippen molar-refractivity contribution in [2.75, 3.05) is 26.7 Å². The minimum atomic E-state index is -0.517. The molecule has 0 spiro atoms. The van der Waals surface area contributed by atoms with Gasteiger partial charge in [0.05, 0.1) is 30.9 Å². The SMILES string of the molecule is COC(=O)C1=C(CN2C[C@@H](C)O[C@@H](C)C2)N(C2CC2)C(=O)N[C@H]1c1ccccc1. The molecule has 3 aliphatic rings. The van der Waals surface area contributed by atoms with E-state index in [0.717, 1.165) is 37.2 Å². The van der Waals surface area contributed by atoms with Gasteiger partial charge in [0, 0.05) is 31.4 Å². The Balaban J connectivity index is 1.77. The summed E-state index contributed by atoms with van der Waals surface area (Å²) in [6, 6.07) is 9.09. The first kappa shape index (κ1) is 19.9. The number of benzene rings is 1. The van der Waals surface area contributed by atoms with Gasteiger partial charge in [0.1, 0.15) is 0 Å². The molecule has 1 aromatic rings. The van der Waals surface area contributed by atoms with Crippen molar-refractivity contribution in [1.29, 1.82) is 0 Å². The summed E-state index contributed by atoms with van der Waals surface area (Å²) >= 11 is 0. The first-order valence-electron chi connectivity index (χ1n) is 10.3. The fraction of sp³-hybridized carbons (Fsp3) is 0.545. The first-order chi connectivity index (χ1) is 14.0. The van der Waals surface area contributed by atoms with E-state index in [-0.39, 0.29) is 24.3 Å². The fourth-order valence-corrected chi connectivity index (χ4v) is 4.43. The highest BCUT2D eigenvalue weighted by molar-refractivity contribution is 5.95. The van der Waals surface area contributed by atoms with E-state index < -0.39 is 12.0 Å². The number of carbonyl (C=O) groups excluding carboxylic acids is 2. The molecule has 2 heterocycles. The van der Waals surface area contributed by atoms with Crippen molar-refractivity contribution < 1.29 is 19.1 Å². The third kappa shape index (κ3) is 4.16. The van der Waals surface area contributed by atoms with Crippen molar-refractivity contribution in [2.24, 2.45) is 0 Å². The Kier molecular flexibility index (Phi) is 5.61. The maximum absolute atomic E-state index is 13.1. The van der Waals surface area contributed by atoms with Gasteiger partial charge in [-0.25, -0.2) is 9.59 Å². The summed E-state index contributed by atoms with van der Waals surface area (Å²) in [6.07, 6.45) is 2.13. The number of methoxy groups -OCH3 is 1. The lowest BCUT2D eigenvalue weighted by molar-refractivity contribution is -0.136. The van der Waals surface area contributed by atoms with Crippen molar-refractivity contribution in [3.63, 3.8) is 0 Å². The molecule has 0 bridgehead atoms. The lowest BCUT2D eigenvalue weighted by Crippen LogP contribution is -2.53. The lowest BCUT2D eigenvalue weighted by atomic mass is 9.94. The molecule has 7 heteroatoms. The van der Waals surface area contributed by atoms with Gasteiger partial charge >= 0.3 is 12.0 Å². The largest absolute Gasteiger partial charge is 0.466 e. The molecule has 156 valence electrons. The Morgan fingerprint density at radius 2 is 1.83 bits per heavy atom. The van der Waals surface area contributed by atoms with Crippen molar-refractivity contribution in [1.82, 2.24) is 15.1 Å². The zero-order valence-electron chi connectivity index (χ0n) is 17.3. The van der Waals surface area contributed by atoms with E-state index in [2.05, 4.69) is 24.1 Å². The molecule has 1 saturated carbocycles. The second-order valence-electron chi connectivity index (χ2n) is 8.20. The third-order valence-electron chi connectivity index (χ3n) is 5.70. The molecule has 0 unspecified atom stereocenters. The number of nitrogens with one attached hydrogen (secondary N) is 1. The average molecular weight is 399 g/mol. The molecule has 3 atom stereocenters. The molecule has 1 aromatic carbocycles. The second kappa shape index (κ2) is 8.16. The molecule has 1 saturated heterocycles. The molecule has 7 nitrogen and oxygen atoms in total. The highest BCUT2D eigenvalue weighted by Crippen LogP contribution is 2.38. The van der Waals surface area contributed by atoms with Gasteiger partial charge in [0.15, 0.2) is 0 Å². The predicted octanol–water partition coefficient (Wildman–Crippen LogP) is 2.45. The minimum Gasteiger partial charge on any atom is -0.466 e. The number of urea groups is 1. The van der Waals surface area contributed by atoms with Crippen LogP contribution in [0.1, 0.15) is 38.3 Å². The molecule has 4 rings (SSSR count). The zero-order chi connectivity index (χ0) is 20.5. The van der Waals surface area contributed by atoms with Crippen LogP contribution in [0.5, 0.6) is 0 Å². The summed E-state index contributed by atoms with van der Waals surface area (Å²) in [7, 11) is 1.39. The number of rotatable bonds is 5. The van der Waals surface area contributed by atoms with E-state index in [1.807, 2.05) is 30.3 Å². The number of hydrogen-bond acceptors (Lipinski definition) is 5. The molecular formula is C22H29N3O4. The van der Waals surface area contributed by atoms with Gasteiger partial charge in [-0.05, 0) is 32.3 Å². The highest BCUT2D eigenvalue weighted by Gasteiger charge is 2.44. The fourth-order valence-electron chi connectivity index (χ4n) is 4.43. The lowest BCUT2D eigenvalue weighted by Gasteiger charge is -2.41. The topological polar surface area (TPSA) is 71.1 Å². The monoisotopic (exact) mass is 399 g/mol. The van der Waals surface area contributed by atoms with Crippen LogP contribution in [0.3, 0.4) is 0 Å². The van der Waals surface area contributed by atoms with Gasteiger partial charge < -0.3 is 14.8 Å². The number of hydrogen-bond donors (Lipinski definition) is 1. The normalized spacial score (nSPS) is 28.3. The highest BCUT2D eigenvalue weighted by atomic mass is 16.5. The van der Waals surface area contributed by atoms with Gasteiger partial charge in [0.2, 0.25) is 0 Å². The summed E-state index contributed by atoms with van der Waals surface area (Å²) in [5, 5.41) is 3.04. The van der Waals surface area contributed by atoms with Crippen LogP contribution in [0.15, 0.2) is 41.6 Å². The van der Waals surface area contributed by atoms with E-state index in [9.17, 15) is 9.59 Å². The number of esters is 1. The van der Waals surface area contributed by atoms with E-state index in [1.54, 1.807) is 4.90 Å². The minimum absolute atomic E-state index is 0.109. The van der Waals surface area contributed by atoms with Crippen molar-refractivity contribution >= 4 is 12.0 Å². The van der Waals surface area contributed by atoms with Crippen LogP contribution in [0.4, 0.5) is 4.79 Å². The van der Waals surface area contributed by atoms with Gasteiger partial charge in [-0.15, -0.1) is 0 Å². The Morgan fingerprint density at radius 1 is 1.17 bits per heavy atom. The smallest absolute Gasteiger partial charge is 0.338 e. The molecule has 1 N–H and O–H groups in total. The van der Waals surface area contributed by atoms with Crippen LogP contribution >= 0.6 is 0 Å². The summed E-state index contributed by atoms with van der Waals surface area (Å²) in [6.45, 7) is 6.15. The maximum Gasteiger partial charge on any atom is 0.338 e. The van der Waals surface area contributed by atoms with Gasteiger partial charge in [-0.1, -0.05) is 30.3 Å². The Hall–Kier alpha value is -2.38. The Morgan fingerprint density at radius 3 is 2.41 bits per heavy atom. The van der Waals surface area contributed by atoms with E-state index >= 15 is 0 Å². The van der Waals surface area contributed by atoms with Gasteiger partial charge in [0.25, 0.3) is 0 Å². The molecule has 2 aliphatic heterocycles. The Labute approximate surface area is 171 Å². The number of nitrogens with zero attached hydrogens (tertiary/aromatic N) is 2. The van der Waals surface area contributed by atoms with E-state index in [0.29, 0.717) is 12.1 Å². The van der Waals surface area contributed by atoms with E-state index in [1.165, 1.54) is 7.11 Å². The van der Waals surface area contributed by atoms with Crippen molar-refractivity contribution in [3.05, 3.63) is 47.2 Å².